The smallest absolute Gasteiger partial charge is 0.293 e. The lowest BCUT2D eigenvalue weighted by Crippen LogP contribution is -2.30. The van der Waals surface area contributed by atoms with Gasteiger partial charge in [0.15, 0.2) is 11.6 Å². The summed E-state index contributed by atoms with van der Waals surface area (Å²) in [5.74, 6) is -2.02. The Morgan fingerprint density at radius 3 is 2.29 bits per heavy atom. The number of nitro benzene ring substituents is 1. The fourth-order valence-electron chi connectivity index (χ4n) is 2.76. The zero-order valence-electron chi connectivity index (χ0n) is 15.6. The zero-order valence-corrected chi connectivity index (χ0v) is 16.5. The van der Waals surface area contributed by atoms with Gasteiger partial charge in [0.2, 0.25) is 10.0 Å². The number of nitrogens with one attached hydrogen (secondary N) is 1. The number of hydrogen-bond acceptors (Lipinski definition) is 5. The van der Waals surface area contributed by atoms with E-state index in [2.05, 4.69) is 5.32 Å². The Morgan fingerprint density at radius 2 is 1.75 bits per heavy atom. The fourth-order valence-corrected chi connectivity index (χ4v) is 4.23. The molecule has 1 unspecified atom stereocenters. The molecule has 1 N–H and O–H groups in total. The highest BCUT2D eigenvalue weighted by atomic mass is 32.2. The third-order valence-corrected chi connectivity index (χ3v) is 6.37. The van der Waals surface area contributed by atoms with Crippen LogP contribution in [0.5, 0.6) is 0 Å². The quantitative estimate of drug-likeness (QED) is 0.520. The molecule has 0 aliphatic carbocycles. The number of nitrogens with zero attached hydrogens (tertiary/aromatic N) is 2. The molecule has 0 aromatic heterocycles. The molecule has 2 aromatic carbocycles. The van der Waals surface area contributed by atoms with Gasteiger partial charge in [0.1, 0.15) is 5.69 Å². The molecule has 28 heavy (non-hydrogen) atoms. The van der Waals surface area contributed by atoms with Crippen molar-refractivity contribution in [2.45, 2.75) is 31.7 Å². The van der Waals surface area contributed by atoms with Gasteiger partial charge in [-0.1, -0.05) is 19.9 Å². The predicted molar refractivity (Wildman–Crippen MR) is 102 cm³/mol. The third-order valence-electron chi connectivity index (χ3n) is 4.32. The Bertz CT molecular complexity index is 979. The molecule has 0 saturated heterocycles. The second kappa shape index (κ2) is 8.61. The first-order valence-corrected chi connectivity index (χ1v) is 10.1. The summed E-state index contributed by atoms with van der Waals surface area (Å²) in [6.45, 7) is 5.44. The molecule has 0 amide bonds. The molecule has 0 aliphatic rings. The zero-order chi connectivity index (χ0) is 21.1. The number of hydrogen-bond donors (Lipinski definition) is 1. The molecule has 0 spiro atoms. The monoisotopic (exact) mass is 413 g/mol. The standard InChI is InChI=1S/C18H21F2N3O4S/c1-4-22(5-2)28(26,27)14-7-9-17(18(11-14)23(24)25)21-12(3)13-6-8-15(19)16(20)10-13/h6-12,21H,4-5H2,1-3H3. The van der Waals surface area contributed by atoms with E-state index in [1.807, 2.05) is 0 Å². The molecule has 0 aliphatic heterocycles. The van der Waals surface area contributed by atoms with E-state index in [1.54, 1.807) is 20.8 Å². The topological polar surface area (TPSA) is 92.6 Å². The van der Waals surface area contributed by atoms with E-state index >= 15 is 0 Å². The highest BCUT2D eigenvalue weighted by molar-refractivity contribution is 7.89. The molecule has 0 radical (unpaired) electrons. The summed E-state index contributed by atoms with van der Waals surface area (Å²) < 4.78 is 52.9. The lowest BCUT2D eigenvalue weighted by atomic mass is 10.1. The Balaban J connectivity index is 2.40. The highest BCUT2D eigenvalue weighted by Crippen LogP contribution is 2.32. The summed E-state index contributed by atoms with van der Waals surface area (Å²) in [7, 11) is -3.86. The van der Waals surface area contributed by atoms with Gasteiger partial charge in [-0.2, -0.15) is 4.31 Å². The van der Waals surface area contributed by atoms with E-state index in [4.69, 9.17) is 0 Å². The molecule has 2 aromatic rings. The minimum Gasteiger partial charge on any atom is -0.373 e. The van der Waals surface area contributed by atoms with E-state index < -0.39 is 38.3 Å². The Hall–Kier alpha value is -2.59. The second-order valence-electron chi connectivity index (χ2n) is 6.06. The van der Waals surface area contributed by atoms with Crippen LogP contribution in [0, 0.1) is 21.7 Å². The van der Waals surface area contributed by atoms with Gasteiger partial charge in [-0.25, -0.2) is 17.2 Å². The number of nitro groups is 1. The highest BCUT2D eigenvalue weighted by Gasteiger charge is 2.26. The first-order chi connectivity index (χ1) is 13.1. The maximum atomic E-state index is 13.4. The van der Waals surface area contributed by atoms with E-state index in [9.17, 15) is 27.3 Å². The van der Waals surface area contributed by atoms with Crippen molar-refractivity contribution >= 4 is 21.4 Å². The van der Waals surface area contributed by atoms with Crippen molar-refractivity contribution in [3.8, 4) is 0 Å². The van der Waals surface area contributed by atoms with Crippen molar-refractivity contribution in [2.24, 2.45) is 0 Å². The van der Waals surface area contributed by atoms with Crippen LogP contribution >= 0.6 is 0 Å². The van der Waals surface area contributed by atoms with Crippen LogP contribution in [0.15, 0.2) is 41.3 Å². The average Bonchev–Trinajstić information content (AvgIpc) is 2.64. The average molecular weight is 413 g/mol. The maximum Gasteiger partial charge on any atom is 0.293 e. The molecule has 152 valence electrons. The molecular weight excluding hydrogens is 392 g/mol. The maximum absolute atomic E-state index is 13.4. The summed E-state index contributed by atoms with van der Waals surface area (Å²) >= 11 is 0. The van der Waals surface area contributed by atoms with Crippen molar-refractivity contribution < 1.29 is 22.1 Å². The van der Waals surface area contributed by atoms with Crippen LogP contribution in [-0.2, 0) is 10.0 Å². The van der Waals surface area contributed by atoms with Gasteiger partial charge >= 0.3 is 0 Å². The number of benzene rings is 2. The summed E-state index contributed by atoms with van der Waals surface area (Å²) in [5.41, 5.74) is 0.0245. The summed E-state index contributed by atoms with van der Waals surface area (Å²) in [4.78, 5) is 10.6. The Kier molecular flexibility index (Phi) is 6.68. The van der Waals surface area contributed by atoms with Crippen LogP contribution in [-0.4, -0.2) is 30.7 Å². The van der Waals surface area contributed by atoms with E-state index in [-0.39, 0.29) is 23.7 Å². The van der Waals surface area contributed by atoms with Crippen molar-refractivity contribution in [1.29, 1.82) is 0 Å². The van der Waals surface area contributed by atoms with Crippen LogP contribution in [0.1, 0.15) is 32.4 Å². The van der Waals surface area contributed by atoms with Gasteiger partial charge in [-0.3, -0.25) is 10.1 Å². The summed E-state index contributed by atoms with van der Waals surface area (Å²) in [6.07, 6.45) is 0. The number of rotatable bonds is 8. The van der Waals surface area contributed by atoms with E-state index in [1.165, 1.54) is 22.5 Å². The van der Waals surface area contributed by atoms with Crippen molar-refractivity contribution in [3.63, 3.8) is 0 Å². The molecule has 0 bridgehead atoms. The van der Waals surface area contributed by atoms with Crippen LogP contribution in [0.4, 0.5) is 20.2 Å². The molecule has 0 fully saturated rings. The van der Waals surface area contributed by atoms with Gasteiger partial charge in [0.25, 0.3) is 5.69 Å². The number of anilines is 1. The lowest BCUT2D eigenvalue weighted by Gasteiger charge is -2.19. The van der Waals surface area contributed by atoms with Crippen molar-refractivity contribution in [2.75, 3.05) is 18.4 Å². The summed E-state index contributed by atoms with van der Waals surface area (Å²) in [5, 5.41) is 14.3. The fraction of sp³-hybridized carbons (Fsp3) is 0.333. The van der Waals surface area contributed by atoms with Crippen molar-refractivity contribution in [3.05, 3.63) is 63.7 Å². The van der Waals surface area contributed by atoms with Crippen LogP contribution < -0.4 is 5.32 Å². The molecule has 7 nitrogen and oxygen atoms in total. The molecule has 10 heteroatoms. The van der Waals surface area contributed by atoms with Crippen LogP contribution in [0.3, 0.4) is 0 Å². The molecule has 2 rings (SSSR count). The number of halogens is 2. The molecule has 0 heterocycles. The largest absolute Gasteiger partial charge is 0.373 e. The van der Waals surface area contributed by atoms with Crippen LogP contribution in [0.2, 0.25) is 0 Å². The van der Waals surface area contributed by atoms with Gasteiger partial charge in [0, 0.05) is 25.2 Å². The predicted octanol–water partition coefficient (Wildman–Crippen LogP) is 4.08. The van der Waals surface area contributed by atoms with Gasteiger partial charge < -0.3 is 5.32 Å². The molecule has 0 saturated carbocycles. The second-order valence-corrected chi connectivity index (χ2v) is 8.00. The normalized spacial score (nSPS) is 12.8. The Morgan fingerprint density at radius 1 is 1.11 bits per heavy atom. The van der Waals surface area contributed by atoms with E-state index in [0.717, 1.165) is 18.2 Å². The molecular formula is C18H21F2N3O4S. The van der Waals surface area contributed by atoms with Gasteiger partial charge in [-0.05, 0) is 36.8 Å². The Labute approximate surface area is 162 Å². The van der Waals surface area contributed by atoms with Gasteiger partial charge in [-0.15, -0.1) is 0 Å². The first-order valence-electron chi connectivity index (χ1n) is 8.61. The van der Waals surface area contributed by atoms with Crippen LogP contribution in [0.25, 0.3) is 0 Å². The number of sulfonamides is 1. The van der Waals surface area contributed by atoms with Crippen molar-refractivity contribution in [1.82, 2.24) is 4.31 Å². The molecule has 1 atom stereocenters. The minimum atomic E-state index is -3.86. The first kappa shape index (κ1) is 21.7. The van der Waals surface area contributed by atoms with E-state index in [0.29, 0.717) is 5.56 Å². The SMILES string of the molecule is CCN(CC)S(=O)(=O)c1ccc(NC(C)c2ccc(F)c(F)c2)c([N+](=O)[O-])c1. The third kappa shape index (κ3) is 4.45. The van der Waals surface area contributed by atoms with Gasteiger partial charge in [0.05, 0.1) is 9.82 Å². The lowest BCUT2D eigenvalue weighted by molar-refractivity contribution is -0.384. The minimum absolute atomic E-state index is 0.0701. The summed E-state index contributed by atoms with van der Waals surface area (Å²) in [6, 6.07) is 6.31.